The molecule has 3 atom stereocenters. The van der Waals surface area contributed by atoms with Crippen molar-refractivity contribution in [2.75, 3.05) is 6.54 Å². The molecule has 3 rings (SSSR count). The summed E-state index contributed by atoms with van der Waals surface area (Å²) in [6.45, 7) is 2.98. The largest absolute Gasteiger partial charge is 0.352 e. The van der Waals surface area contributed by atoms with Crippen LogP contribution in [-0.4, -0.2) is 35.3 Å². The molecular weight excluding hydrogens is 378 g/mol. The number of amides is 4. The number of benzene rings is 1. The maximum absolute atomic E-state index is 12.7. The number of halogens is 1. The van der Waals surface area contributed by atoms with Crippen molar-refractivity contribution < 1.29 is 14.4 Å². The van der Waals surface area contributed by atoms with Crippen LogP contribution in [0.3, 0.4) is 0 Å². The molecule has 1 aromatic carbocycles. The van der Waals surface area contributed by atoms with Crippen molar-refractivity contribution in [1.29, 1.82) is 0 Å². The van der Waals surface area contributed by atoms with E-state index in [2.05, 4.69) is 17.6 Å². The zero-order valence-electron chi connectivity index (χ0n) is 16.2. The molecule has 0 spiro atoms. The minimum atomic E-state index is -0.317. The molecule has 1 saturated heterocycles. The number of hydrogen-bond acceptors (Lipinski definition) is 3. The summed E-state index contributed by atoms with van der Waals surface area (Å²) in [4.78, 5) is 39.0. The smallest absolute Gasteiger partial charge is 0.324 e. The Morgan fingerprint density at radius 3 is 2.86 bits per heavy atom. The number of imide groups is 1. The summed E-state index contributed by atoms with van der Waals surface area (Å²) in [5.41, 5.74) is 0.943. The van der Waals surface area contributed by atoms with Gasteiger partial charge in [0.1, 0.15) is 0 Å². The molecule has 152 valence electrons. The van der Waals surface area contributed by atoms with Gasteiger partial charge < -0.3 is 10.6 Å². The van der Waals surface area contributed by atoms with Crippen LogP contribution in [0.2, 0.25) is 5.02 Å². The highest BCUT2D eigenvalue weighted by molar-refractivity contribution is 6.30. The van der Waals surface area contributed by atoms with Gasteiger partial charge in [-0.2, -0.15) is 0 Å². The predicted octanol–water partition coefficient (Wildman–Crippen LogP) is 3.48. The molecule has 0 aromatic heterocycles. The van der Waals surface area contributed by atoms with E-state index >= 15 is 0 Å². The van der Waals surface area contributed by atoms with Crippen molar-refractivity contribution in [2.24, 2.45) is 11.8 Å². The summed E-state index contributed by atoms with van der Waals surface area (Å²) in [6, 6.07) is 6.81. The molecular formula is C21H28ClN3O3. The van der Waals surface area contributed by atoms with Gasteiger partial charge in [0, 0.05) is 30.1 Å². The van der Waals surface area contributed by atoms with Crippen LogP contribution >= 0.6 is 11.6 Å². The van der Waals surface area contributed by atoms with Crippen LogP contribution in [0.1, 0.15) is 51.0 Å². The molecule has 1 aromatic rings. The Hall–Kier alpha value is -2.08. The van der Waals surface area contributed by atoms with Gasteiger partial charge in [0.15, 0.2) is 0 Å². The molecule has 2 N–H and O–H groups in total. The van der Waals surface area contributed by atoms with Gasteiger partial charge in [-0.25, -0.2) is 4.79 Å². The van der Waals surface area contributed by atoms with Gasteiger partial charge in [0.05, 0.1) is 5.92 Å². The fourth-order valence-corrected chi connectivity index (χ4v) is 4.33. The van der Waals surface area contributed by atoms with Gasteiger partial charge in [0.2, 0.25) is 11.8 Å². The van der Waals surface area contributed by atoms with Gasteiger partial charge >= 0.3 is 6.03 Å². The summed E-state index contributed by atoms with van der Waals surface area (Å²) in [6.07, 6.45) is 4.67. The quantitative estimate of drug-likeness (QED) is 0.681. The Labute approximate surface area is 171 Å². The summed E-state index contributed by atoms with van der Waals surface area (Å²) in [7, 11) is 0. The molecule has 7 heteroatoms. The van der Waals surface area contributed by atoms with Crippen molar-refractivity contribution in [2.45, 2.75) is 58.0 Å². The molecule has 3 unspecified atom stereocenters. The second-order valence-electron chi connectivity index (χ2n) is 7.72. The van der Waals surface area contributed by atoms with Crippen LogP contribution in [0.25, 0.3) is 0 Å². The predicted molar refractivity (Wildman–Crippen MR) is 108 cm³/mol. The standard InChI is InChI=1S/C21H28ClN3O3/c1-2-3-4-10-25-20(27)17-9-8-15(12-18(17)24-21(25)28)19(26)23-13-14-6-5-7-16(22)11-14/h5-7,11,15,17-18H,2-4,8-10,12-13H2,1H3,(H,23,26)(H,24,28). The molecule has 6 nitrogen and oxygen atoms in total. The lowest BCUT2D eigenvalue weighted by Crippen LogP contribution is -2.62. The Balaban J connectivity index is 1.53. The van der Waals surface area contributed by atoms with Crippen molar-refractivity contribution in [1.82, 2.24) is 15.5 Å². The van der Waals surface area contributed by atoms with E-state index in [0.29, 0.717) is 37.4 Å². The van der Waals surface area contributed by atoms with Gasteiger partial charge in [0.25, 0.3) is 0 Å². The number of unbranched alkanes of at least 4 members (excludes halogenated alkanes) is 2. The zero-order chi connectivity index (χ0) is 20.1. The van der Waals surface area contributed by atoms with Crippen LogP contribution in [0.5, 0.6) is 0 Å². The lowest BCUT2D eigenvalue weighted by atomic mass is 9.76. The van der Waals surface area contributed by atoms with E-state index in [-0.39, 0.29) is 35.7 Å². The van der Waals surface area contributed by atoms with E-state index in [1.54, 1.807) is 6.07 Å². The van der Waals surface area contributed by atoms with E-state index in [4.69, 9.17) is 11.6 Å². The zero-order valence-corrected chi connectivity index (χ0v) is 17.0. The molecule has 1 aliphatic carbocycles. The van der Waals surface area contributed by atoms with E-state index in [1.807, 2.05) is 18.2 Å². The maximum atomic E-state index is 12.7. The number of rotatable bonds is 7. The molecule has 4 amide bonds. The summed E-state index contributed by atoms with van der Waals surface area (Å²) in [5.74, 6) is -0.524. The molecule has 28 heavy (non-hydrogen) atoms. The highest BCUT2D eigenvalue weighted by Gasteiger charge is 2.45. The topological polar surface area (TPSA) is 78.5 Å². The molecule has 0 radical (unpaired) electrons. The molecule has 2 fully saturated rings. The summed E-state index contributed by atoms with van der Waals surface area (Å²) < 4.78 is 0. The Bertz CT molecular complexity index is 739. The summed E-state index contributed by atoms with van der Waals surface area (Å²) >= 11 is 5.98. The van der Waals surface area contributed by atoms with Crippen molar-refractivity contribution in [3.8, 4) is 0 Å². The molecule has 2 aliphatic rings. The van der Waals surface area contributed by atoms with E-state index in [1.165, 1.54) is 4.90 Å². The van der Waals surface area contributed by atoms with E-state index < -0.39 is 0 Å². The second kappa shape index (κ2) is 9.41. The third kappa shape index (κ3) is 4.85. The van der Waals surface area contributed by atoms with Gasteiger partial charge in [-0.05, 0) is 43.4 Å². The first-order valence-electron chi connectivity index (χ1n) is 10.1. The van der Waals surface area contributed by atoms with Crippen LogP contribution in [0.15, 0.2) is 24.3 Å². The first-order valence-corrected chi connectivity index (χ1v) is 10.5. The Morgan fingerprint density at radius 1 is 1.29 bits per heavy atom. The first-order chi connectivity index (χ1) is 13.5. The van der Waals surface area contributed by atoms with Crippen molar-refractivity contribution >= 4 is 29.4 Å². The number of carbonyl (C=O) groups is 3. The average Bonchev–Trinajstić information content (AvgIpc) is 2.68. The SMILES string of the molecule is CCCCCN1C(=O)NC2CC(C(=O)NCc3cccc(Cl)c3)CCC2C1=O. The number of nitrogens with one attached hydrogen (secondary N) is 2. The van der Waals surface area contributed by atoms with Crippen LogP contribution in [-0.2, 0) is 16.1 Å². The van der Waals surface area contributed by atoms with E-state index in [9.17, 15) is 14.4 Å². The number of fused-ring (bicyclic) bond motifs is 1. The number of carbonyl (C=O) groups excluding carboxylic acids is 3. The van der Waals surface area contributed by atoms with Crippen LogP contribution in [0, 0.1) is 11.8 Å². The number of nitrogens with zero attached hydrogens (tertiary/aromatic N) is 1. The Morgan fingerprint density at radius 2 is 2.11 bits per heavy atom. The highest BCUT2D eigenvalue weighted by Crippen LogP contribution is 2.33. The first kappa shape index (κ1) is 20.6. The fraction of sp³-hybridized carbons (Fsp3) is 0.571. The number of hydrogen-bond donors (Lipinski definition) is 2. The molecule has 1 saturated carbocycles. The van der Waals surface area contributed by atoms with Crippen LogP contribution in [0.4, 0.5) is 4.79 Å². The minimum Gasteiger partial charge on any atom is -0.352 e. The van der Waals surface area contributed by atoms with Crippen molar-refractivity contribution in [3.05, 3.63) is 34.9 Å². The third-order valence-corrected chi connectivity index (χ3v) is 5.93. The molecule has 1 aliphatic heterocycles. The van der Waals surface area contributed by atoms with Crippen molar-refractivity contribution in [3.63, 3.8) is 0 Å². The minimum absolute atomic E-state index is 0.0366. The highest BCUT2D eigenvalue weighted by atomic mass is 35.5. The third-order valence-electron chi connectivity index (χ3n) is 5.70. The van der Waals surface area contributed by atoms with Gasteiger partial charge in [-0.1, -0.05) is 43.5 Å². The van der Waals surface area contributed by atoms with Gasteiger partial charge in [-0.15, -0.1) is 0 Å². The maximum Gasteiger partial charge on any atom is 0.324 e. The van der Waals surface area contributed by atoms with Crippen LogP contribution < -0.4 is 10.6 Å². The number of urea groups is 1. The Kier molecular flexibility index (Phi) is 6.94. The lowest BCUT2D eigenvalue weighted by molar-refractivity contribution is -0.139. The average molecular weight is 406 g/mol. The normalized spacial score (nSPS) is 24.5. The van der Waals surface area contributed by atoms with Gasteiger partial charge in [-0.3, -0.25) is 14.5 Å². The molecule has 0 bridgehead atoms. The second-order valence-corrected chi connectivity index (χ2v) is 8.15. The fourth-order valence-electron chi connectivity index (χ4n) is 4.11. The summed E-state index contributed by atoms with van der Waals surface area (Å²) in [5, 5.41) is 6.55. The monoisotopic (exact) mass is 405 g/mol. The lowest BCUT2D eigenvalue weighted by Gasteiger charge is -2.42. The van der Waals surface area contributed by atoms with E-state index in [0.717, 1.165) is 24.8 Å². The molecule has 1 heterocycles.